The minimum Gasteiger partial charge on any atom is -0.283 e. The Morgan fingerprint density at radius 3 is 1.89 bits per heavy atom. The van der Waals surface area contributed by atoms with Crippen LogP contribution in [0.5, 0.6) is 0 Å². The molecule has 2 aromatic carbocycles. The molecule has 3 rings (SSSR count). The van der Waals surface area contributed by atoms with Crippen LogP contribution in [0.25, 0.3) is 0 Å². The third-order valence-corrected chi connectivity index (χ3v) is 3.49. The topological polar surface area (TPSA) is 3.01 Å². The van der Waals surface area contributed by atoms with E-state index in [0.29, 0.717) is 6.04 Å². The summed E-state index contributed by atoms with van der Waals surface area (Å²) in [6, 6.07) is 20.5. The highest BCUT2D eigenvalue weighted by Crippen LogP contribution is 2.55. The second-order valence-corrected chi connectivity index (χ2v) is 5.07. The summed E-state index contributed by atoms with van der Waals surface area (Å²) in [6.07, 6.45) is 0. The summed E-state index contributed by atoms with van der Waals surface area (Å²) in [5.41, 5.74) is 2.31. The van der Waals surface area contributed by atoms with E-state index >= 15 is 0 Å². The molecule has 1 aliphatic heterocycles. The van der Waals surface area contributed by atoms with E-state index in [1.165, 1.54) is 5.56 Å². The predicted molar refractivity (Wildman–Crippen MR) is 75.3 cm³/mol. The maximum Gasteiger partial charge on any atom is 0.0555 e. The molecule has 1 nitrogen and oxygen atoms in total. The zero-order valence-corrected chi connectivity index (χ0v) is 10.9. The number of rotatable bonds is 3. The van der Waals surface area contributed by atoms with Crippen molar-refractivity contribution in [3.63, 3.8) is 0 Å². The summed E-state index contributed by atoms with van der Waals surface area (Å²) in [4.78, 5) is 2.26. The SMILES string of the molecule is [2H][C@@]1(c2ccccc2)[C@H](c2ccccc2)N1C(C)C. The minimum absolute atomic E-state index is 0.163. The summed E-state index contributed by atoms with van der Waals surface area (Å²) in [6.45, 7) is 4.32. The Balaban J connectivity index is 2.01. The van der Waals surface area contributed by atoms with Gasteiger partial charge in [0.1, 0.15) is 0 Å². The fourth-order valence-corrected chi connectivity index (χ4v) is 2.66. The standard InChI is InChI=1S/C17H19N/c1-13(2)18-16(14-9-5-3-6-10-14)17(18)15-11-7-4-8-12-15/h3-13,16-17H,1-2H3/t16-,17+,18?/i16D/m1/s1. The molecule has 0 bridgehead atoms. The van der Waals surface area contributed by atoms with Crippen LogP contribution in [0.2, 0.25) is 0 Å². The number of hydrogen-bond donors (Lipinski definition) is 0. The summed E-state index contributed by atoms with van der Waals surface area (Å²) in [7, 11) is 0. The highest BCUT2D eigenvalue weighted by atomic mass is 15.4. The van der Waals surface area contributed by atoms with Crippen molar-refractivity contribution in [3.05, 3.63) is 71.8 Å². The molecule has 2 aromatic rings. The van der Waals surface area contributed by atoms with Crippen LogP contribution in [-0.4, -0.2) is 10.9 Å². The van der Waals surface area contributed by atoms with Gasteiger partial charge in [0.25, 0.3) is 0 Å². The van der Waals surface area contributed by atoms with Gasteiger partial charge in [0, 0.05) is 6.04 Å². The van der Waals surface area contributed by atoms with Crippen molar-refractivity contribution in [1.29, 1.82) is 0 Å². The molecule has 3 atom stereocenters. The molecule has 0 aliphatic carbocycles. The lowest BCUT2D eigenvalue weighted by molar-refractivity contribution is 0.401. The second-order valence-electron chi connectivity index (χ2n) is 5.07. The van der Waals surface area contributed by atoms with E-state index in [0.717, 1.165) is 5.56 Å². The minimum atomic E-state index is -0.614. The molecular weight excluding hydrogens is 218 g/mol. The van der Waals surface area contributed by atoms with Gasteiger partial charge >= 0.3 is 0 Å². The molecule has 0 radical (unpaired) electrons. The predicted octanol–water partition coefficient (Wildman–Crippen LogP) is 4.19. The third kappa shape index (κ3) is 1.95. The lowest BCUT2D eigenvalue weighted by atomic mass is 10.0. The quantitative estimate of drug-likeness (QED) is 0.724. The first kappa shape index (κ1) is 10.3. The Bertz CT molecular complexity index is 552. The molecule has 0 aromatic heterocycles. The number of benzene rings is 2. The van der Waals surface area contributed by atoms with Crippen molar-refractivity contribution >= 4 is 0 Å². The van der Waals surface area contributed by atoms with Gasteiger partial charge in [0.2, 0.25) is 0 Å². The van der Waals surface area contributed by atoms with E-state index in [4.69, 9.17) is 1.37 Å². The average molecular weight is 238 g/mol. The molecule has 1 heterocycles. The van der Waals surface area contributed by atoms with Crippen LogP contribution in [0, 0.1) is 0 Å². The molecule has 0 saturated carbocycles. The highest BCUT2D eigenvalue weighted by Gasteiger charge is 2.50. The van der Waals surface area contributed by atoms with Crippen molar-refractivity contribution in [1.82, 2.24) is 4.90 Å². The third-order valence-electron chi connectivity index (χ3n) is 3.49. The molecular formula is C17H19N. The van der Waals surface area contributed by atoms with Crippen LogP contribution >= 0.6 is 0 Å². The molecule has 0 amide bonds. The van der Waals surface area contributed by atoms with Gasteiger partial charge in [-0.25, -0.2) is 0 Å². The van der Waals surface area contributed by atoms with E-state index in [9.17, 15) is 0 Å². The van der Waals surface area contributed by atoms with Crippen molar-refractivity contribution in [3.8, 4) is 0 Å². The summed E-state index contributed by atoms with van der Waals surface area (Å²) >= 11 is 0. The maximum absolute atomic E-state index is 8.89. The smallest absolute Gasteiger partial charge is 0.0555 e. The number of nitrogens with zero attached hydrogens (tertiary/aromatic N) is 1. The van der Waals surface area contributed by atoms with Crippen molar-refractivity contribution < 1.29 is 1.37 Å². The molecule has 0 spiro atoms. The average Bonchev–Trinajstić information content (AvgIpc) is 3.09. The zero-order valence-electron chi connectivity index (χ0n) is 11.9. The molecule has 1 aliphatic rings. The molecule has 18 heavy (non-hydrogen) atoms. The first-order valence-electron chi connectivity index (χ1n) is 7.04. The number of hydrogen-bond acceptors (Lipinski definition) is 1. The van der Waals surface area contributed by atoms with Crippen molar-refractivity contribution in [2.24, 2.45) is 0 Å². The molecule has 0 N–H and O–H groups in total. The largest absolute Gasteiger partial charge is 0.283 e. The van der Waals surface area contributed by atoms with Crippen molar-refractivity contribution in [2.75, 3.05) is 0 Å². The summed E-state index contributed by atoms with van der Waals surface area (Å²) < 4.78 is 8.89. The van der Waals surface area contributed by atoms with Crippen LogP contribution in [0.3, 0.4) is 0 Å². The maximum atomic E-state index is 8.89. The second kappa shape index (κ2) is 4.58. The first-order chi connectivity index (χ1) is 9.15. The van der Waals surface area contributed by atoms with Crippen LogP contribution in [-0.2, 0) is 0 Å². The van der Waals surface area contributed by atoms with Crippen LogP contribution in [0.1, 0.15) is 38.4 Å². The zero-order chi connectivity index (χ0) is 13.5. The Labute approximate surface area is 110 Å². The fraction of sp³-hybridized carbons (Fsp3) is 0.294. The Hall–Kier alpha value is -1.60. The van der Waals surface area contributed by atoms with Gasteiger partial charge in [-0.3, -0.25) is 4.90 Å². The fourth-order valence-electron chi connectivity index (χ4n) is 2.66. The van der Waals surface area contributed by atoms with Crippen LogP contribution in [0.15, 0.2) is 60.7 Å². The Kier molecular flexibility index (Phi) is 2.63. The lowest BCUT2D eigenvalue weighted by Crippen LogP contribution is -2.10. The summed E-state index contributed by atoms with van der Waals surface area (Å²) in [5.74, 6) is 0. The van der Waals surface area contributed by atoms with Crippen LogP contribution in [0.4, 0.5) is 0 Å². The van der Waals surface area contributed by atoms with E-state index in [2.05, 4.69) is 55.1 Å². The van der Waals surface area contributed by atoms with Gasteiger partial charge < -0.3 is 0 Å². The van der Waals surface area contributed by atoms with E-state index in [1.807, 2.05) is 24.3 Å². The van der Waals surface area contributed by atoms with Crippen molar-refractivity contribution in [2.45, 2.75) is 31.9 Å². The molecule has 1 saturated heterocycles. The highest BCUT2D eigenvalue weighted by molar-refractivity contribution is 5.35. The molecule has 1 unspecified atom stereocenters. The van der Waals surface area contributed by atoms with Gasteiger partial charge in [-0.05, 0) is 25.0 Å². The molecule has 92 valence electrons. The van der Waals surface area contributed by atoms with Gasteiger partial charge in [0.15, 0.2) is 0 Å². The van der Waals surface area contributed by atoms with Gasteiger partial charge in [-0.1, -0.05) is 60.7 Å². The van der Waals surface area contributed by atoms with Gasteiger partial charge in [0.05, 0.1) is 13.4 Å². The first-order valence-corrected chi connectivity index (χ1v) is 6.54. The van der Waals surface area contributed by atoms with Crippen LogP contribution < -0.4 is 0 Å². The van der Waals surface area contributed by atoms with E-state index in [-0.39, 0.29) is 6.04 Å². The normalized spacial score (nSPS) is 31.2. The van der Waals surface area contributed by atoms with Gasteiger partial charge in [-0.15, -0.1) is 0 Å². The van der Waals surface area contributed by atoms with Gasteiger partial charge in [-0.2, -0.15) is 0 Å². The van der Waals surface area contributed by atoms with E-state index < -0.39 is 6.02 Å². The monoisotopic (exact) mass is 238 g/mol. The lowest BCUT2D eigenvalue weighted by Gasteiger charge is -2.07. The van der Waals surface area contributed by atoms with E-state index in [1.54, 1.807) is 0 Å². The summed E-state index contributed by atoms with van der Waals surface area (Å²) in [5, 5.41) is 0. The Morgan fingerprint density at radius 1 is 0.889 bits per heavy atom. The molecule has 1 heteroatoms. The Morgan fingerprint density at radius 2 is 1.39 bits per heavy atom. The molecule has 1 fully saturated rings.